The van der Waals surface area contributed by atoms with Crippen molar-refractivity contribution in [1.29, 1.82) is 0 Å². The second-order valence-corrected chi connectivity index (χ2v) is 8.23. The van der Waals surface area contributed by atoms with Gasteiger partial charge in [-0.3, -0.25) is 4.79 Å². The number of ether oxygens (including phenoxy) is 4. The zero-order valence-corrected chi connectivity index (χ0v) is 15.7. The number of fused-ring (bicyclic) bond motifs is 1. The number of morpholine rings is 1. The van der Waals surface area contributed by atoms with Gasteiger partial charge in [0.25, 0.3) is 0 Å². The molecule has 3 aliphatic rings. The van der Waals surface area contributed by atoms with Gasteiger partial charge in [-0.05, 0) is 31.9 Å². The first-order valence-electron chi connectivity index (χ1n) is 9.26. The van der Waals surface area contributed by atoms with Gasteiger partial charge in [-0.2, -0.15) is 0 Å². The van der Waals surface area contributed by atoms with E-state index in [1.165, 1.54) is 0 Å². The van der Waals surface area contributed by atoms with Crippen molar-refractivity contribution < 1.29 is 23.7 Å². The lowest BCUT2D eigenvalue weighted by molar-refractivity contribution is -0.201. The van der Waals surface area contributed by atoms with Crippen LogP contribution in [0.5, 0.6) is 11.5 Å². The van der Waals surface area contributed by atoms with Gasteiger partial charge in [-0.15, -0.1) is 0 Å². The molecule has 0 unspecified atom stereocenters. The lowest BCUT2D eigenvalue weighted by Crippen LogP contribution is -2.62. The van der Waals surface area contributed by atoms with Crippen molar-refractivity contribution >= 4 is 5.91 Å². The minimum absolute atomic E-state index is 0.147. The molecule has 2 fully saturated rings. The molecule has 6 nitrogen and oxygen atoms in total. The van der Waals surface area contributed by atoms with Crippen LogP contribution in [0.15, 0.2) is 18.2 Å². The second kappa shape index (κ2) is 6.43. The SMILES string of the molecule is COc1ccc2c(c1)OC[C@@H](C(=O)N1CC(C)(C)O[C@]3(CCOC3)C1)C2. The smallest absolute Gasteiger partial charge is 0.229 e. The number of hydrogen-bond donors (Lipinski definition) is 0. The molecule has 26 heavy (non-hydrogen) atoms. The van der Waals surface area contributed by atoms with Gasteiger partial charge < -0.3 is 23.8 Å². The van der Waals surface area contributed by atoms with Crippen LogP contribution in [-0.2, 0) is 20.7 Å². The number of benzene rings is 1. The Kier molecular flexibility index (Phi) is 4.35. The third kappa shape index (κ3) is 3.28. The van der Waals surface area contributed by atoms with Gasteiger partial charge in [0.2, 0.25) is 5.91 Å². The van der Waals surface area contributed by atoms with E-state index in [4.69, 9.17) is 18.9 Å². The molecule has 1 spiro atoms. The quantitative estimate of drug-likeness (QED) is 0.807. The highest BCUT2D eigenvalue weighted by Crippen LogP contribution is 2.37. The molecule has 0 aliphatic carbocycles. The number of amides is 1. The van der Waals surface area contributed by atoms with E-state index in [1.807, 2.05) is 36.9 Å². The van der Waals surface area contributed by atoms with Crippen molar-refractivity contribution in [2.75, 3.05) is 40.0 Å². The first-order chi connectivity index (χ1) is 12.4. The Labute approximate surface area is 154 Å². The first kappa shape index (κ1) is 17.6. The standard InChI is InChI=1S/C20H27NO5/c1-19(2)11-21(12-20(26-19)6-7-24-13-20)18(22)15-8-14-4-5-16(23-3)9-17(14)25-10-15/h4-5,9,15H,6-8,10-13H2,1-3H3/t15-,20+/m0/s1. The molecule has 2 saturated heterocycles. The Morgan fingerprint density at radius 1 is 1.31 bits per heavy atom. The third-order valence-electron chi connectivity index (χ3n) is 5.45. The van der Waals surface area contributed by atoms with Crippen LogP contribution < -0.4 is 9.47 Å². The number of carbonyl (C=O) groups is 1. The molecule has 0 bridgehead atoms. The third-order valence-corrected chi connectivity index (χ3v) is 5.45. The molecule has 1 aromatic rings. The minimum atomic E-state index is -0.373. The molecule has 0 N–H and O–H groups in total. The Morgan fingerprint density at radius 3 is 2.88 bits per heavy atom. The molecule has 2 atom stereocenters. The van der Waals surface area contributed by atoms with Crippen molar-refractivity contribution in [2.45, 2.75) is 37.9 Å². The monoisotopic (exact) mass is 361 g/mol. The van der Waals surface area contributed by atoms with Gasteiger partial charge in [0.05, 0.1) is 31.8 Å². The van der Waals surface area contributed by atoms with Gasteiger partial charge in [0.15, 0.2) is 0 Å². The number of carbonyl (C=O) groups excluding carboxylic acids is 1. The zero-order chi connectivity index (χ0) is 18.4. The summed E-state index contributed by atoms with van der Waals surface area (Å²) in [5, 5.41) is 0. The van der Waals surface area contributed by atoms with Crippen LogP contribution in [0, 0.1) is 5.92 Å². The fraction of sp³-hybridized carbons (Fsp3) is 0.650. The van der Waals surface area contributed by atoms with E-state index in [-0.39, 0.29) is 23.0 Å². The van der Waals surface area contributed by atoms with Gasteiger partial charge in [0.1, 0.15) is 23.7 Å². The van der Waals surface area contributed by atoms with Gasteiger partial charge in [-0.25, -0.2) is 0 Å². The van der Waals surface area contributed by atoms with Crippen LogP contribution in [0.4, 0.5) is 0 Å². The van der Waals surface area contributed by atoms with Gasteiger partial charge in [-0.1, -0.05) is 6.07 Å². The van der Waals surface area contributed by atoms with Crippen LogP contribution in [0.3, 0.4) is 0 Å². The molecule has 0 aromatic heterocycles. The molecule has 142 valence electrons. The summed E-state index contributed by atoms with van der Waals surface area (Å²) in [4.78, 5) is 15.2. The highest BCUT2D eigenvalue weighted by atomic mass is 16.6. The van der Waals surface area contributed by atoms with Crippen LogP contribution in [0.2, 0.25) is 0 Å². The van der Waals surface area contributed by atoms with Crippen molar-refractivity contribution in [3.8, 4) is 11.5 Å². The Morgan fingerprint density at radius 2 is 2.15 bits per heavy atom. The number of hydrogen-bond acceptors (Lipinski definition) is 5. The van der Waals surface area contributed by atoms with E-state index < -0.39 is 0 Å². The van der Waals surface area contributed by atoms with E-state index >= 15 is 0 Å². The second-order valence-electron chi connectivity index (χ2n) is 8.23. The maximum atomic E-state index is 13.2. The van der Waals surface area contributed by atoms with Crippen LogP contribution in [0.1, 0.15) is 25.8 Å². The molecule has 6 heteroatoms. The minimum Gasteiger partial charge on any atom is -0.497 e. The van der Waals surface area contributed by atoms with Gasteiger partial charge in [0, 0.05) is 25.6 Å². The number of methoxy groups -OCH3 is 1. The average molecular weight is 361 g/mol. The van der Waals surface area contributed by atoms with Crippen LogP contribution in [-0.4, -0.2) is 62.0 Å². The fourth-order valence-electron chi connectivity index (χ4n) is 4.36. The maximum Gasteiger partial charge on any atom is 0.229 e. The molecule has 1 amide bonds. The summed E-state index contributed by atoms with van der Waals surface area (Å²) in [6.45, 7) is 6.95. The lowest BCUT2D eigenvalue weighted by Gasteiger charge is -2.48. The van der Waals surface area contributed by atoms with Crippen molar-refractivity contribution in [3.05, 3.63) is 23.8 Å². The van der Waals surface area contributed by atoms with Crippen molar-refractivity contribution in [3.63, 3.8) is 0 Å². The van der Waals surface area contributed by atoms with E-state index in [2.05, 4.69) is 0 Å². The summed E-state index contributed by atoms with van der Waals surface area (Å²) in [6, 6.07) is 5.79. The highest BCUT2D eigenvalue weighted by Gasteiger charge is 2.49. The normalized spacial score (nSPS) is 30.0. The molecular weight excluding hydrogens is 334 g/mol. The first-order valence-corrected chi connectivity index (χ1v) is 9.26. The van der Waals surface area contributed by atoms with Crippen LogP contribution in [0.25, 0.3) is 0 Å². The highest BCUT2D eigenvalue weighted by molar-refractivity contribution is 5.80. The number of rotatable bonds is 2. The molecule has 3 heterocycles. The fourth-order valence-corrected chi connectivity index (χ4v) is 4.36. The maximum absolute atomic E-state index is 13.2. The van der Waals surface area contributed by atoms with Crippen molar-refractivity contribution in [1.82, 2.24) is 4.90 Å². The lowest BCUT2D eigenvalue weighted by atomic mass is 9.91. The average Bonchev–Trinajstić information content (AvgIpc) is 3.05. The Balaban J connectivity index is 1.50. The summed E-state index contributed by atoms with van der Waals surface area (Å²) in [7, 11) is 1.64. The van der Waals surface area contributed by atoms with Crippen molar-refractivity contribution in [2.24, 2.45) is 5.92 Å². The van der Waals surface area contributed by atoms with Gasteiger partial charge >= 0.3 is 0 Å². The van der Waals surface area contributed by atoms with E-state index in [0.717, 1.165) is 23.5 Å². The Bertz CT molecular complexity index is 695. The molecule has 1 aromatic carbocycles. The Hall–Kier alpha value is -1.79. The topological polar surface area (TPSA) is 57.2 Å². The summed E-state index contributed by atoms with van der Waals surface area (Å²) in [5.41, 5.74) is 0.322. The summed E-state index contributed by atoms with van der Waals surface area (Å²) in [6.07, 6.45) is 1.53. The summed E-state index contributed by atoms with van der Waals surface area (Å²) in [5.74, 6) is 1.57. The molecular formula is C20H27NO5. The summed E-state index contributed by atoms with van der Waals surface area (Å²) >= 11 is 0. The van der Waals surface area contributed by atoms with E-state index in [0.29, 0.717) is 39.3 Å². The predicted octanol–water partition coefficient (Wildman–Crippen LogP) is 2.04. The van der Waals surface area contributed by atoms with E-state index in [1.54, 1.807) is 7.11 Å². The predicted molar refractivity (Wildman–Crippen MR) is 95.6 cm³/mol. The van der Waals surface area contributed by atoms with E-state index in [9.17, 15) is 4.79 Å². The number of nitrogens with zero attached hydrogens (tertiary/aromatic N) is 1. The molecule has 4 rings (SSSR count). The molecule has 3 aliphatic heterocycles. The van der Waals surface area contributed by atoms with Crippen LogP contribution >= 0.6 is 0 Å². The largest absolute Gasteiger partial charge is 0.497 e. The molecule has 0 saturated carbocycles. The summed E-state index contributed by atoms with van der Waals surface area (Å²) < 4.78 is 23.0. The zero-order valence-electron chi connectivity index (χ0n) is 15.7. The molecule has 0 radical (unpaired) electrons.